The van der Waals surface area contributed by atoms with Crippen molar-refractivity contribution in [2.24, 2.45) is 0 Å². The van der Waals surface area contributed by atoms with Gasteiger partial charge in [-0.05, 0) is 36.5 Å². The van der Waals surface area contributed by atoms with E-state index < -0.39 is 0 Å². The Balaban J connectivity index is 1.52. The van der Waals surface area contributed by atoms with E-state index in [0.717, 1.165) is 56.7 Å². The standard InChI is InChI=1S/C21H25N3O/c25-21(23-10-5-1-2-6-11-23)19-13-20(15-22-14-19)24-12-9-17-7-3-4-8-18(17)16-24/h3-4,7-8,13-15H,1-2,5-6,9-12,16H2. The van der Waals surface area contributed by atoms with Gasteiger partial charge in [0.15, 0.2) is 0 Å². The molecule has 1 aromatic heterocycles. The minimum Gasteiger partial charge on any atom is -0.366 e. The lowest BCUT2D eigenvalue weighted by Crippen LogP contribution is -2.33. The maximum absolute atomic E-state index is 12.9. The summed E-state index contributed by atoms with van der Waals surface area (Å²) in [6, 6.07) is 10.6. The first-order chi connectivity index (χ1) is 12.3. The van der Waals surface area contributed by atoms with Crippen molar-refractivity contribution in [3.8, 4) is 0 Å². The fourth-order valence-corrected chi connectivity index (χ4v) is 3.89. The molecule has 0 unspecified atom stereocenters. The molecule has 0 spiro atoms. The number of rotatable bonds is 2. The van der Waals surface area contributed by atoms with E-state index in [9.17, 15) is 4.79 Å². The number of anilines is 1. The topological polar surface area (TPSA) is 36.4 Å². The number of amides is 1. The fraction of sp³-hybridized carbons (Fsp3) is 0.429. The van der Waals surface area contributed by atoms with E-state index in [1.807, 2.05) is 17.2 Å². The summed E-state index contributed by atoms with van der Waals surface area (Å²) in [5.41, 5.74) is 4.58. The van der Waals surface area contributed by atoms with Gasteiger partial charge in [-0.1, -0.05) is 37.1 Å². The van der Waals surface area contributed by atoms with Crippen molar-refractivity contribution in [3.63, 3.8) is 0 Å². The van der Waals surface area contributed by atoms with Crippen LogP contribution in [0, 0.1) is 0 Å². The van der Waals surface area contributed by atoms with E-state index in [2.05, 4.69) is 34.1 Å². The van der Waals surface area contributed by atoms with Crippen LogP contribution in [0.5, 0.6) is 0 Å². The number of likely N-dealkylation sites (tertiary alicyclic amines) is 1. The van der Waals surface area contributed by atoms with E-state index in [0.29, 0.717) is 0 Å². The molecule has 2 aliphatic heterocycles. The Morgan fingerprint density at radius 3 is 2.48 bits per heavy atom. The van der Waals surface area contributed by atoms with Crippen LogP contribution >= 0.6 is 0 Å². The molecule has 25 heavy (non-hydrogen) atoms. The minimum atomic E-state index is 0.133. The van der Waals surface area contributed by atoms with Crippen molar-refractivity contribution in [2.45, 2.75) is 38.6 Å². The van der Waals surface area contributed by atoms with Gasteiger partial charge in [-0.25, -0.2) is 0 Å². The minimum absolute atomic E-state index is 0.133. The Labute approximate surface area is 149 Å². The summed E-state index contributed by atoms with van der Waals surface area (Å²) in [6.07, 6.45) is 9.33. The molecular formula is C21H25N3O. The Bertz CT molecular complexity index is 750. The van der Waals surface area contributed by atoms with Gasteiger partial charge in [0.05, 0.1) is 17.4 Å². The number of nitrogens with zero attached hydrogens (tertiary/aromatic N) is 3. The largest absolute Gasteiger partial charge is 0.366 e. The second-order valence-electron chi connectivity index (χ2n) is 7.08. The van der Waals surface area contributed by atoms with E-state index >= 15 is 0 Å². The predicted octanol–water partition coefficient (Wildman–Crippen LogP) is 3.66. The lowest BCUT2D eigenvalue weighted by Gasteiger charge is -2.31. The first-order valence-electron chi connectivity index (χ1n) is 9.37. The summed E-state index contributed by atoms with van der Waals surface area (Å²) >= 11 is 0. The lowest BCUT2D eigenvalue weighted by molar-refractivity contribution is 0.0761. The maximum atomic E-state index is 12.9. The number of carbonyl (C=O) groups excluding carboxylic acids is 1. The van der Waals surface area contributed by atoms with Crippen LogP contribution in [0.3, 0.4) is 0 Å². The first kappa shape index (κ1) is 16.1. The average Bonchev–Trinajstić information content (AvgIpc) is 2.96. The van der Waals surface area contributed by atoms with Crippen molar-refractivity contribution in [1.29, 1.82) is 0 Å². The zero-order valence-electron chi connectivity index (χ0n) is 14.7. The molecule has 0 aliphatic carbocycles. The molecule has 0 atom stereocenters. The Morgan fingerprint density at radius 1 is 0.920 bits per heavy atom. The van der Waals surface area contributed by atoms with Gasteiger partial charge in [-0.3, -0.25) is 9.78 Å². The summed E-state index contributed by atoms with van der Waals surface area (Å²) in [6.45, 7) is 3.61. The number of hydrogen-bond donors (Lipinski definition) is 0. The predicted molar refractivity (Wildman–Crippen MR) is 99.8 cm³/mol. The molecule has 1 amide bonds. The zero-order chi connectivity index (χ0) is 17.1. The zero-order valence-corrected chi connectivity index (χ0v) is 14.7. The van der Waals surface area contributed by atoms with E-state index in [1.54, 1.807) is 6.20 Å². The number of benzene rings is 1. The third-order valence-electron chi connectivity index (χ3n) is 5.36. The highest BCUT2D eigenvalue weighted by molar-refractivity contribution is 5.94. The highest BCUT2D eigenvalue weighted by Gasteiger charge is 2.20. The third kappa shape index (κ3) is 3.53. The van der Waals surface area contributed by atoms with Gasteiger partial charge in [0.2, 0.25) is 0 Å². The number of carbonyl (C=O) groups is 1. The van der Waals surface area contributed by atoms with Gasteiger partial charge in [-0.15, -0.1) is 0 Å². The molecule has 0 radical (unpaired) electrons. The van der Waals surface area contributed by atoms with E-state index in [1.165, 1.54) is 24.0 Å². The van der Waals surface area contributed by atoms with Crippen LogP contribution in [0.25, 0.3) is 0 Å². The van der Waals surface area contributed by atoms with Gasteiger partial charge in [0.1, 0.15) is 0 Å². The van der Waals surface area contributed by atoms with Gasteiger partial charge < -0.3 is 9.80 Å². The van der Waals surface area contributed by atoms with Crippen LogP contribution in [-0.2, 0) is 13.0 Å². The average molecular weight is 335 g/mol. The summed E-state index contributed by atoms with van der Waals surface area (Å²) in [7, 11) is 0. The van der Waals surface area contributed by atoms with Crippen molar-refractivity contribution < 1.29 is 4.79 Å². The van der Waals surface area contributed by atoms with Gasteiger partial charge >= 0.3 is 0 Å². The van der Waals surface area contributed by atoms with Gasteiger partial charge in [-0.2, -0.15) is 0 Å². The Kier molecular flexibility index (Phi) is 4.68. The highest BCUT2D eigenvalue weighted by Crippen LogP contribution is 2.25. The molecule has 2 aliphatic rings. The molecule has 4 rings (SSSR count). The smallest absolute Gasteiger partial charge is 0.255 e. The molecular weight excluding hydrogens is 310 g/mol. The number of fused-ring (bicyclic) bond motifs is 1. The summed E-state index contributed by atoms with van der Waals surface area (Å²) in [4.78, 5) is 21.5. The maximum Gasteiger partial charge on any atom is 0.255 e. The molecule has 1 saturated heterocycles. The molecule has 0 saturated carbocycles. The number of aromatic nitrogens is 1. The van der Waals surface area contributed by atoms with E-state index in [-0.39, 0.29) is 5.91 Å². The number of hydrogen-bond acceptors (Lipinski definition) is 3. The van der Waals surface area contributed by atoms with Crippen molar-refractivity contribution in [2.75, 3.05) is 24.5 Å². The highest BCUT2D eigenvalue weighted by atomic mass is 16.2. The summed E-state index contributed by atoms with van der Waals surface area (Å²) < 4.78 is 0. The van der Waals surface area contributed by atoms with Crippen LogP contribution in [0.2, 0.25) is 0 Å². The molecule has 2 aromatic rings. The second kappa shape index (κ2) is 7.26. The fourth-order valence-electron chi connectivity index (χ4n) is 3.89. The quantitative estimate of drug-likeness (QED) is 0.840. The number of pyridine rings is 1. The van der Waals surface area contributed by atoms with Crippen LogP contribution in [0.4, 0.5) is 5.69 Å². The molecule has 3 heterocycles. The van der Waals surface area contributed by atoms with Crippen molar-refractivity contribution >= 4 is 11.6 Å². The van der Waals surface area contributed by atoms with Crippen LogP contribution in [0.15, 0.2) is 42.7 Å². The molecule has 4 heteroatoms. The third-order valence-corrected chi connectivity index (χ3v) is 5.36. The first-order valence-corrected chi connectivity index (χ1v) is 9.37. The van der Waals surface area contributed by atoms with Gasteiger partial charge in [0.25, 0.3) is 5.91 Å². The molecule has 0 N–H and O–H groups in total. The van der Waals surface area contributed by atoms with Crippen LogP contribution in [-0.4, -0.2) is 35.4 Å². The summed E-state index contributed by atoms with van der Waals surface area (Å²) in [5.74, 6) is 0.133. The summed E-state index contributed by atoms with van der Waals surface area (Å²) in [5, 5.41) is 0. The van der Waals surface area contributed by atoms with Crippen LogP contribution < -0.4 is 4.90 Å². The second-order valence-corrected chi connectivity index (χ2v) is 7.08. The van der Waals surface area contributed by atoms with Crippen LogP contribution in [0.1, 0.15) is 47.2 Å². The molecule has 1 aromatic carbocycles. The van der Waals surface area contributed by atoms with E-state index in [4.69, 9.17) is 0 Å². The van der Waals surface area contributed by atoms with Gasteiger partial charge in [0, 0.05) is 32.4 Å². The Hall–Kier alpha value is -2.36. The molecule has 4 nitrogen and oxygen atoms in total. The monoisotopic (exact) mass is 335 g/mol. The molecule has 130 valence electrons. The normalized spacial score (nSPS) is 17.8. The SMILES string of the molecule is O=C(c1cncc(N2CCc3ccccc3C2)c1)N1CCCCCC1. The van der Waals surface area contributed by atoms with Crippen molar-refractivity contribution in [3.05, 3.63) is 59.4 Å². The lowest BCUT2D eigenvalue weighted by atomic mass is 9.99. The molecule has 1 fully saturated rings. The van der Waals surface area contributed by atoms with Crippen molar-refractivity contribution in [1.82, 2.24) is 9.88 Å². The Morgan fingerprint density at radius 2 is 1.68 bits per heavy atom. The molecule has 0 bridgehead atoms.